The Kier molecular flexibility index (Phi) is 5.77. The SMILES string of the molecule is CCC(c1ccccc1)C(Cc1cc(F)ccc1Cl)NC. The van der Waals surface area contributed by atoms with E-state index in [9.17, 15) is 4.39 Å². The van der Waals surface area contributed by atoms with Crippen molar-refractivity contribution in [2.75, 3.05) is 7.05 Å². The fraction of sp³-hybridized carbons (Fsp3) is 0.333. The van der Waals surface area contributed by atoms with Crippen LogP contribution in [-0.2, 0) is 6.42 Å². The summed E-state index contributed by atoms with van der Waals surface area (Å²) in [6, 6.07) is 15.2. The van der Waals surface area contributed by atoms with E-state index in [1.54, 1.807) is 6.07 Å². The van der Waals surface area contributed by atoms with Gasteiger partial charge in [0, 0.05) is 11.1 Å². The van der Waals surface area contributed by atoms with Crippen LogP contribution >= 0.6 is 11.6 Å². The largest absolute Gasteiger partial charge is 0.316 e. The molecule has 1 nitrogen and oxygen atoms in total. The molecule has 0 aliphatic heterocycles. The number of nitrogens with one attached hydrogen (secondary N) is 1. The van der Waals surface area contributed by atoms with Crippen molar-refractivity contribution in [1.82, 2.24) is 5.32 Å². The number of rotatable bonds is 6. The van der Waals surface area contributed by atoms with Gasteiger partial charge in [-0.1, -0.05) is 48.9 Å². The molecule has 0 spiro atoms. The van der Waals surface area contributed by atoms with Crippen LogP contribution in [0.5, 0.6) is 0 Å². The van der Waals surface area contributed by atoms with E-state index in [2.05, 4.69) is 36.5 Å². The van der Waals surface area contributed by atoms with Crippen LogP contribution < -0.4 is 5.32 Å². The Morgan fingerprint density at radius 2 is 1.86 bits per heavy atom. The highest BCUT2D eigenvalue weighted by atomic mass is 35.5. The van der Waals surface area contributed by atoms with Crippen LogP contribution in [0.2, 0.25) is 5.02 Å². The Hall–Kier alpha value is -1.38. The van der Waals surface area contributed by atoms with Gasteiger partial charge < -0.3 is 5.32 Å². The maximum atomic E-state index is 13.4. The first-order chi connectivity index (χ1) is 10.2. The van der Waals surface area contributed by atoms with Crippen molar-refractivity contribution in [3.05, 3.63) is 70.5 Å². The Morgan fingerprint density at radius 1 is 1.14 bits per heavy atom. The lowest BCUT2D eigenvalue weighted by atomic mass is 9.86. The lowest BCUT2D eigenvalue weighted by Crippen LogP contribution is -2.34. The minimum absolute atomic E-state index is 0.219. The third-order valence-corrected chi connectivity index (χ3v) is 4.34. The average molecular weight is 306 g/mol. The number of hydrogen-bond acceptors (Lipinski definition) is 1. The van der Waals surface area contributed by atoms with Crippen molar-refractivity contribution in [2.45, 2.75) is 31.7 Å². The summed E-state index contributed by atoms with van der Waals surface area (Å²) in [6.07, 6.45) is 1.73. The van der Waals surface area contributed by atoms with Crippen molar-refractivity contribution in [1.29, 1.82) is 0 Å². The molecule has 0 fully saturated rings. The summed E-state index contributed by atoms with van der Waals surface area (Å²) in [5, 5.41) is 3.99. The van der Waals surface area contributed by atoms with Crippen molar-refractivity contribution in [2.24, 2.45) is 0 Å². The molecule has 0 heterocycles. The van der Waals surface area contributed by atoms with E-state index >= 15 is 0 Å². The van der Waals surface area contributed by atoms with Gasteiger partial charge in [-0.3, -0.25) is 0 Å². The molecule has 0 aromatic heterocycles. The molecule has 0 saturated carbocycles. The van der Waals surface area contributed by atoms with Crippen LogP contribution in [0.1, 0.15) is 30.4 Å². The highest BCUT2D eigenvalue weighted by Crippen LogP contribution is 2.27. The number of likely N-dealkylation sites (N-methyl/N-ethyl adjacent to an activating group) is 1. The number of halogens is 2. The third-order valence-electron chi connectivity index (χ3n) is 3.97. The molecule has 0 bridgehead atoms. The quantitative estimate of drug-likeness (QED) is 0.808. The number of benzene rings is 2. The summed E-state index contributed by atoms with van der Waals surface area (Å²) < 4.78 is 13.4. The van der Waals surface area contributed by atoms with Crippen LogP contribution in [0.15, 0.2) is 48.5 Å². The van der Waals surface area contributed by atoms with Crippen LogP contribution in [0, 0.1) is 5.82 Å². The minimum atomic E-state index is -0.239. The van der Waals surface area contributed by atoms with Gasteiger partial charge in [-0.05, 0) is 55.1 Å². The van der Waals surface area contributed by atoms with E-state index in [-0.39, 0.29) is 11.9 Å². The van der Waals surface area contributed by atoms with E-state index in [0.717, 1.165) is 12.0 Å². The normalized spacial score (nSPS) is 13.9. The van der Waals surface area contributed by atoms with Gasteiger partial charge in [0.25, 0.3) is 0 Å². The monoisotopic (exact) mass is 305 g/mol. The maximum Gasteiger partial charge on any atom is 0.123 e. The topological polar surface area (TPSA) is 12.0 Å². The maximum absolute atomic E-state index is 13.4. The van der Waals surface area contributed by atoms with Crippen LogP contribution in [0.4, 0.5) is 4.39 Å². The molecule has 1 N–H and O–H groups in total. The predicted octanol–water partition coefficient (Wildman–Crippen LogP) is 4.80. The third kappa shape index (κ3) is 4.05. The molecular weight excluding hydrogens is 285 g/mol. The van der Waals surface area contributed by atoms with Gasteiger partial charge in [0.05, 0.1) is 0 Å². The summed E-state index contributed by atoms with van der Waals surface area (Å²) in [5.41, 5.74) is 2.15. The van der Waals surface area contributed by atoms with Crippen LogP contribution in [0.25, 0.3) is 0 Å². The fourth-order valence-electron chi connectivity index (χ4n) is 2.83. The molecule has 0 aliphatic carbocycles. The Morgan fingerprint density at radius 3 is 2.48 bits per heavy atom. The molecule has 21 heavy (non-hydrogen) atoms. The first-order valence-corrected chi connectivity index (χ1v) is 7.69. The average Bonchev–Trinajstić information content (AvgIpc) is 2.51. The molecule has 2 aromatic rings. The van der Waals surface area contributed by atoms with Crippen LogP contribution in [0.3, 0.4) is 0 Å². The van der Waals surface area contributed by atoms with Gasteiger partial charge in [-0.2, -0.15) is 0 Å². The molecule has 112 valence electrons. The zero-order valence-corrected chi connectivity index (χ0v) is 13.2. The van der Waals surface area contributed by atoms with E-state index < -0.39 is 0 Å². The summed E-state index contributed by atoms with van der Waals surface area (Å²) in [6.45, 7) is 2.18. The smallest absolute Gasteiger partial charge is 0.123 e. The van der Waals surface area contributed by atoms with Gasteiger partial charge >= 0.3 is 0 Å². The Bertz CT molecular complexity index is 571. The molecule has 2 unspecified atom stereocenters. The van der Waals surface area contributed by atoms with Crippen molar-refractivity contribution in [3.63, 3.8) is 0 Å². The Balaban J connectivity index is 2.24. The van der Waals surface area contributed by atoms with Crippen molar-refractivity contribution in [3.8, 4) is 0 Å². The predicted molar refractivity (Wildman–Crippen MR) is 87.4 cm³/mol. The number of hydrogen-bond donors (Lipinski definition) is 1. The zero-order valence-electron chi connectivity index (χ0n) is 12.4. The van der Waals surface area contributed by atoms with Crippen molar-refractivity contribution >= 4 is 11.6 Å². The van der Waals surface area contributed by atoms with Gasteiger partial charge in [0.1, 0.15) is 5.82 Å². The standard InChI is InChI=1S/C18H21ClFN/c1-3-16(13-7-5-4-6-8-13)18(21-2)12-14-11-15(20)9-10-17(14)19/h4-11,16,18,21H,3,12H2,1-2H3. The second-order valence-electron chi connectivity index (χ2n) is 5.26. The first-order valence-electron chi connectivity index (χ1n) is 7.31. The van der Waals surface area contributed by atoms with Gasteiger partial charge in [0.15, 0.2) is 0 Å². The van der Waals surface area contributed by atoms with Gasteiger partial charge in [-0.25, -0.2) is 4.39 Å². The summed E-state index contributed by atoms with van der Waals surface area (Å²) in [5.74, 6) is 0.132. The van der Waals surface area contributed by atoms with Gasteiger partial charge in [0.2, 0.25) is 0 Å². The molecule has 0 aliphatic rings. The van der Waals surface area contributed by atoms with E-state index in [0.29, 0.717) is 17.4 Å². The summed E-state index contributed by atoms with van der Waals surface area (Å²) >= 11 is 6.20. The summed E-state index contributed by atoms with van der Waals surface area (Å²) in [4.78, 5) is 0. The molecule has 2 aromatic carbocycles. The highest BCUT2D eigenvalue weighted by Gasteiger charge is 2.21. The van der Waals surface area contributed by atoms with E-state index in [1.807, 2.05) is 13.1 Å². The zero-order chi connectivity index (χ0) is 15.2. The first kappa shape index (κ1) is 16.0. The Labute approximate surface area is 131 Å². The second kappa shape index (κ2) is 7.58. The molecule has 0 saturated heterocycles. The lowest BCUT2D eigenvalue weighted by Gasteiger charge is -2.27. The van der Waals surface area contributed by atoms with Gasteiger partial charge in [-0.15, -0.1) is 0 Å². The molecule has 2 rings (SSSR count). The minimum Gasteiger partial charge on any atom is -0.316 e. The van der Waals surface area contributed by atoms with Crippen LogP contribution in [-0.4, -0.2) is 13.1 Å². The summed E-state index contributed by atoms with van der Waals surface area (Å²) in [7, 11) is 1.95. The molecule has 3 heteroatoms. The highest BCUT2D eigenvalue weighted by molar-refractivity contribution is 6.31. The van der Waals surface area contributed by atoms with Crippen molar-refractivity contribution < 1.29 is 4.39 Å². The molecule has 2 atom stereocenters. The fourth-order valence-corrected chi connectivity index (χ4v) is 3.03. The molecular formula is C18H21ClFN. The molecule has 0 amide bonds. The van der Waals surface area contributed by atoms with E-state index in [4.69, 9.17) is 11.6 Å². The van der Waals surface area contributed by atoms with E-state index in [1.165, 1.54) is 17.7 Å². The molecule has 0 radical (unpaired) electrons. The lowest BCUT2D eigenvalue weighted by molar-refractivity contribution is 0.448. The second-order valence-corrected chi connectivity index (χ2v) is 5.67.